The Kier molecular flexibility index (Phi) is 6.71. The summed E-state index contributed by atoms with van der Waals surface area (Å²) in [7, 11) is -2.81. The van der Waals surface area contributed by atoms with Gasteiger partial charge in [0.1, 0.15) is 9.84 Å². The van der Waals surface area contributed by atoms with E-state index in [9.17, 15) is 8.42 Å². The molecule has 0 unspecified atom stereocenters. The molecule has 0 N–H and O–H groups in total. The summed E-state index contributed by atoms with van der Waals surface area (Å²) in [6.45, 7) is 7.03. The van der Waals surface area contributed by atoms with Gasteiger partial charge >= 0.3 is 0 Å². The molecule has 0 atom stereocenters. The first kappa shape index (κ1) is 15.5. The van der Waals surface area contributed by atoms with Crippen LogP contribution in [0.5, 0.6) is 0 Å². The number of hydrogen-bond acceptors (Lipinski definition) is 4. The van der Waals surface area contributed by atoms with Crippen LogP contribution in [0.4, 0.5) is 0 Å². The third-order valence-electron chi connectivity index (χ3n) is 3.21. The topological polar surface area (TPSA) is 40.6 Å². The van der Waals surface area contributed by atoms with Crippen LogP contribution in [-0.4, -0.2) is 49.6 Å². The molecule has 1 aliphatic rings. The molecule has 0 fully saturated rings. The third-order valence-corrected chi connectivity index (χ3v) is 5.03. The van der Waals surface area contributed by atoms with Crippen molar-refractivity contribution < 1.29 is 8.42 Å². The van der Waals surface area contributed by atoms with Crippen molar-refractivity contribution in [3.8, 4) is 0 Å². The van der Waals surface area contributed by atoms with Crippen molar-refractivity contribution in [2.24, 2.45) is 0 Å². The molecular formula is C13H26N2O2S. The van der Waals surface area contributed by atoms with Crippen LogP contribution in [0.2, 0.25) is 0 Å². The van der Waals surface area contributed by atoms with E-state index >= 15 is 0 Å². The Hall–Kier alpha value is -0.550. The van der Waals surface area contributed by atoms with E-state index in [1.165, 1.54) is 0 Å². The maximum absolute atomic E-state index is 11.7. The quantitative estimate of drug-likeness (QED) is 0.603. The van der Waals surface area contributed by atoms with Crippen molar-refractivity contribution in [3.05, 3.63) is 12.3 Å². The molecule has 0 amide bonds. The van der Waals surface area contributed by atoms with Crippen molar-refractivity contribution >= 4 is 9.84 Å². The Labute approximate surface area is 112 Å². The number of nitrogens with zero attached hydrogens (tertiary/aromatic N) is 2. The summed E-state index contributed by atoms with van der Waals surface area (Å²) in [4.78, 5) is 0. The molecule has 1 aliphatic heterocycles. The van der Waals surface area contributed by atoms with Crippen LogP contribution in [0.1, 0.15) is 39.5 Å². The second-order valence-electron chi connectivity index (χ2n) is 4.77. The van der Waals surface area contributed by atoms with E-state index in [1.807, 2.05) is 6.92 Å². The molecule has 18 heavy (non-hydrogen) atoms. The minimum atomic E-state index is -2.81. The lowest BCUT2D eigenvalue weighted by Crippen LogP contribution is -2.35. The number of hydrogen-bond donors (Lipinski definition) is 0. The smallest absolute Gasteiger partial charge is 0.150 e. The highest BCUT2D eigenvalue weighted by Crippen LogP contribution is 2.09. The molecule has 0 aromatic carbocycles. The van der Waals surface area contributed by atoms with Gasteiger partial charge in [-0.2, -0.15) is 0 Å². The van der Waals surface area contributed by atoms with Crippen LogP contribution < -0.4 is 0 Å². The van der Waals surface area contributed by atoms with Crippen LogP contribution in [0.3, 0.4) is 0 Å². The standard InChI is InChI=1S/C13H26N2O2S/c1-3-5-12-18(16,17)13-7-6-9-15-11-8-10-14(15)4-2/h8,10H,3-7,9,11-13H2,1-2H3. The van der Waals surface area contributed by atoms with Gasteiger partial charge in [-0.3, -0.25) is 0 Å². The Balaban J connectivity index is 2.15. The van der Waals surface area contributed by atoms with Crippen LogP contribution in [0.15, 0.2) is 12.3 Å². The van der Waals surface area contributed by atoms with Crippen molar-refractivity contribution in [2.45, 2.75) is 39.5 Å². The third kappa shape index (κ3) is 5.40. The second kappa shape index (κ2) is 7.79. The van der Waals surface area contributed by atoms with Gasteiger partial charge in [0.15, 0.2) is 0 Å². The molecule has 0 saturated heterocycles. The number of unbranched alkanes of at least 4 members (excludes halogenated alkanes) is 2. The van der Waals surface area contributed by atoms with Crippen molar-refractivity contribution in [1.29, 1.82) is 0 Å². The number of hydrazine groups is 1. The molecule has 0 aliphatic carbocycles. The van der Waals surface area contributed by atoms with Gasteiger partial charge in [-0.05, 0) is 26.2 Å². The average Bonchev–Trinajstić information content (AvgIpc) is 2.79. The number of rotatable bonds is 9. The molecule has 0 bridgehead atoms. The van der Waals surface area contributed by atoms with E-state index in [0.29, 0.717) is 11.5 Å². The molecule has 0 aromatic rings. The first-order valence-corrected chi connectivity index (χ1v) is 8.79. The molecule has 0 radical (unpaired) electrons. The van der Waals surface area contributed by atoms with Crippen LogP contribution in [0.25, 0.3) is 0 Å². The predicted octanol–water partition coefficient (Wildman–Crippen LogP) is 2.05. The fourth-order valence-electron chi connectivity index (χ4n) is 2.10. The summed E-state index contributed by atoms with van der Waals surface area (Å²) in [6.07, 6.45) is 7.70. The summed E-state index contributed by atoms with van der Waals surface area (Å²) in [6, 6.07) is 0. The summed E-state index contributed by atoms with van der Waals surface area (Å²) >= 11 is 0. The lowest BCUT2D eigenvalue weighted by atomic mass is 10.3. The van der Waals surface area contributed by atoms with Crippen molar-refractivity contribution in [2.75, 3.05) is 31.1 Å². The van der Waals surface area contributed by atoms with Gasteiger partial charge in [-0.25, -0.2) is 13.4 Å². The van der Waals surface area contributed by atoms with Crippen LogP contribution in [-0.2, 0) is 9.84 Å². The highest BCUT2D eigenvalue weighted by Gasteiger charge is 2.14. The lowest BCUT2D eigenvalue weighted by Gasteiger charge is -2.27. The van der Waals surface area contributed by atoms with E-state index in [2.05, 4.69) is 29.2 Å². The van der Waals surface area contributed by atoms with Gasteiger partial charge in [0.05, 0.1) is 11.5 Å². The summed E-state index contributed by atoms with van der Waals surface area (Å²) in [5.74, 6) is 0.705. The number of sulfone groups is 1. The van der Waals surface area contributed by atoms with Crippen molar-refractivity contribution in [1.82, 2.24) is 10.0 Å². The van der Waals surface area contributed by atoms with E-state index in [1.54, 1.807) is 0 Å². The van der Waals surface area contributed by atoms with Gasteiger partial charge in [-0.1, -0.05) is 19.4 Å². The average molecular weight is 274 g/mol. The maximum atomic E-state index is 11.7. The van der Waals surface area contributed by atoms with Gasteiger partial charge in [0.25, 0.3) is 0 Å². The molecule has 1 heterocycles. The molecule has 5 heteroatoms. The SMILES string of the molecule is CCCCS(=O)(=O)CCCCN1CC=CN1CC. The highest BCUT2D eigenvalue weighted by atomic mass is 32.2. The lowest BCUT2D eigenvalue weighted by molar-refractivity contribution is 0.0562. The molecule has 1 rings (SSSR count). The molecule has 106 valence electrons. The van der Waals surface area contributed by atoms with Gasteiger partial charge in [0, 0.05) is 25.8 Å². The zero-order chi connectivity index (χ0) is 13.4. The summed E-state index contributed by atoms with van der Waals surface area (Å²) in [5.41, 5.74) is 0. The molecule has 0 saturated carbocycles. The van der Waals surface area contributed by atoms with E-state index < -0.39 is 9.84 Å². The molecule has 4 nitrogen and oxygen atoms in total. The molecule has 0 aromatic heterocycles. The van der Waals surface area contributed by atoms with E-state index in [0.717, 1.165) is 45.3 Å². The fraction of sp³-hybridized carbons (Fsp3) is 0.846. The Morgan fingerprint density at radius 1 is 1.11 bits per heavy atom. The highest BCUT2D eigenvalue weighted by molar-refractivity contribution is 7.91. The first-order valence-electron chi connectivity index (χ1n) is 6.97. The van der Waals surface area contributed by atoms with E-state index in [-0.39, 0.29) is 0 Å². The fourth-order valence-corrected chi connectivity index (χ4v) is 3.67. The first-order chi connectivity index (χ1) is 8.59. The van der Waals surface area contributed by atoms with E-state index in [4.69, 9.17) is 0 Å². The van der Waals surface area contributed by atoms with Gasteiger partial charge < -0.3 is 5.01 Å². The van der Waals surface area contributed by atoms with Crippen LogP contribution >= 0.6 is 0 Å². The maximum Gasteiger partial charge on any atom is 0.150 e. The predicted molar refractivity (Wildman–Crippen MR) is 75.9 cm³/mol. The normalized spacial score (nSPS) is 16.7. The van der Waals surface area contributed by atoms with Gasteiger partial charge in [0.2, 0.25) is 0 Å². The minimum absolute atomic E-state index is 0.348. The largest absolute Gasteiger partial charge is 0.313 e. The Morgan fingerprint density at radius 3 is 2.50 bits per heavy atom. The monoisotopic (exact) mass is 274 g/mol. The molecule has 0 spiro atoms. The zero-order valence-corrected chi connectivity index (χ0v) is 12.5. The minimum Gasteiger partial charge on any atom is -0.313 e. The second-order valence-corrected chi connectivity index (χ2v) is 7.07. The summed E-state index contributed by atoms with van der Waals surface area (Å²) in [5, 5.41) is 4.45. The molecular weight excluding hydrogens is 248 g/mol. The zero-order valence-electron chi connectivity index (χ0n) is 11.6. The summed E-state index contributed by atoms with van der Waals surface area (Å²) < 4.78 is 23.3. The Bertz CT molecular complexity index is 352. The van der Waals surface area contributed by atoms with Crippen LogP contribution in [0, 0.1) is 0 Å². The Morgan fingerprint density at radius 2 is 1.83 bits per heavy atom. The van der Waals surface area contributed by atoms with Crippen molar-refractivity contribution in [3.63, 3.8) is 0 Å². The van der Waals surface area contributed by atoms with Gasteiger partial charge in [-0.15, -0.1) is 0 Å².